The van der Waals surface area contributed by atoms with Crippen molar-refractivity contribution in [1.82, 2.24) is 5.32 Å². The van der Waals surface area contributed by atoms with Crippen LogP contribution < -0.4 is 5.32 Å². The monoisotopic (exact) mass is 345 g/mol. The standard InChI is InChI=1S/C24H27NO/c1-18-9-13-22(14-10-18)24(26,23-15-11-19(2)12-16-23)20(3)25-17-21-7-5-4-6-8-21/h4-16,20,25-26H,17H2,1-3H3/t20-/m0/s1. The maximum absolute atomic E-state index is 11.8. The first-order valence-corrected chi connectivity index (χ1v) is 9.14. The van der Waals surface area contributed by atoms with E-state index in [-0.39, 0.29) is 6.04 Å². The highest BCUT2D eigenvalue weighted by molar-refractivity contribution is 5.40. The number of benzene rings is 3. The van der Waals surface area contributed by atoms with E-state index in [1.54, 1.807) is 0 Å². The molecule has 0 amide bonds. The van der Waals surface area contributed by atoms with Gasteiger partial charge in [0.2, 0.25) is 0 Å². The molecule has 0 spiro atoms. The molecule has 26 heavy (non-hydrogen) atoms. The van der Waals surface area contributed by atoms with Crippen LogP contribution >= 0.6 is 0 Å². The van der Waals surface area contributed by atoms with Crippen molar-refractivity contribution in [3.63, 3.8) is 0 Å². The smallest absolute Gasteiger partial charge is 0.130 e. The van der Waals surface area contributed by atoms with Crippen LogP contribution in [0, 0.1) is 13.8 Å². The molecule has 2 heteroatoms. The molecular formula is C24H27NO. The number of aliphatic hydroxyl groups is 1. The fourth-order valence-electron chi connectivity index (χ4n) is 3.30. The molecule has 3 rings (SSSR count). The summed E-state index contributed by atoms with van der Waals surface area (Å²) in [6, 6.07) is 26.4. The molecule has 134 valence electrons. The lowest BCUT2D eigenvalue weighted by Crippen LogP contribution is -2.47. The third-order valence-corrected chi connectivity index (χ3v) is 5.07. The van der Waals surface area contributed by atoms with Gasteiger partial charge in [0, 0.05) is 12.6 Å². The van der Waals surface area contributed by atoms with Gasteiger partial charge in [0.05, 0.1) is 0 Å². The van der Waals surface area contributed by atoms with E-state index in [4.69, 9.17) is 0 Å². The molecule has 2 nitrogen and oxygen atoms in total. The highest BCUT2D eigenvalue weighted by Gasteiger charge is 2.37. The van der Waals surface area contributed by atoms with E-state index in [1.165, 1.54) is 16.7 Å². The Morgan fingerprint density at radius 1 is 0.769 bits per heavy atom. The van der Waals surface area contributed by atoms with Crippen molar-refractivity contribution >= 4 is 0 Å². The Hall–Kier alpha value is -2.42. The number of hydrogen-bond acceptors (Lipinski definition) is 2. The van der Waals surface area contributed by atoms with Crippen LogP contribution in [0.4, 0.5) is 0 Å². The predicted molar refractivity (Wildman–Crippen MR) is 108 cm³/mol. The summed E-state index contributed by atoms with van der Waals surface area (Å²) in [5.74, 6) is 0. The van der Waals surface area contributed by atoms with Gasteiger partial charge in [0.25, 0.3) is 0 Å². The average molecular weight is 345 g/mol. The Labute approximate surface area is 156 Å². The van der Waals surface area contributed by atoms with E-state index in [0.717, 1.165) is 11.1 Å². The summed E-state index contributed by atoms with van der Waals surface area (Å²) in [4.78, 5) is 0. The van der Waals surface area contributed by atoms with Crippen molar-refractivity contribution in [3.05, 3.63) is 107 Å². The van der Waals surface area contributed by atoms with Crippen molar-refractivity contribution in [2.45, 2.75) is 39.0 Å². The largest absolute Gasteiger partial charge is 0.379 e. The van der Waals surface area contributed by atoms with E-state index in [1.807, 2.05) is 49.4 Å². The summed E-state index contributed by atoms with van der Waals surface area (Å²) in [7, 11) is 0. The van der Waals surface area contributed by atoms with Crippen LogP contribution in [0.25, 0.3) is 0 Å². The number of nitrogens with one attached hydrogen (secondary N) is 1. The zero-order valence-corrected chi connectivity index (χ0v) is 15.7. The molecule has 0 aromatic heterocycles. The maximum atomic E-state index is 11.8. The molecular weight excluding hydrogens is 318 g/mol. The molecule has 1 atom stereocenters. The molecule has 0 saturated carbocycles. The quantitative estimate of drug-likeness (QED) is 0.678. The highest BCUT2D eigenvalue weighted by atomic mass is 16.3. The van der Waals surface area contributed by atoms with Crippen LogP contribution in [0.1, 0.15) is 34.7 Å². The Balaban J connectivity index is 1.94. The van der Waals surface area contributed by atoms with Crippen molar-refractivity contribution in [1.29, 1.82) is 0 Å². The summed E-state index contributed by atoms with van der Waals surface area (Å²) in [5, 5.41) is 15.3. The predicted octanol–water partition coefficient (Wildman–Crippen LogP) is 4.72. The SMILES string of the molecule is Cc1ccc(C(O)(c2ccc(C)cc2)[C@H](C)NCc2ccccc2)cc1. The lowest BCUT2D eigenvalue weighted by atomic mass is 9.80. The summed E-state index contributed by atoms with van der Waals surface area (Å²) < 4.78 is 0. The molecule has 0 saturated heterocycles. The minimum atomic E-state index is -1.10. The fourth-order valence-corrected chi connectivity index (χ4v) is 3.30. The summed E-state index contributed by atoms with van der Waals surface area (Å²) in [6.45, 7) is 6.88. The first kappa shape index (κ1) is 18.4. The molecule has 3 aromatic rings. The summed E-state index contributed by atoms with van der Waals surface area (Å²) in [6.07, 6.45) is 0. The van der Waals surface area contributed by atoms with Gasteiger partial charge in [0.1, 0.15) is 5.60 Å². The molecule has 0 aliphatic heterocycles. The van der Waals surface area contributed by atoms with Gasteiger partial charge in [-0.15, -0.1) is 0 Å². The van der Waals surface area contributed by atoms with Gasteiger partial charge in [-0.1, -0.05) is 90.0 Å². The summed E-state index contributed by atoms with van der Waals surface area (Å²) >= 11 is 0. The van der Waals surface area contributed by atoms with E-state index in [2.05, 4.69) is 55.6 Å². The van der Waals surface area contributed by atoms with Gasteiger partial charge in [0.15, 0.2) is 0 Å². The lowest BCUT2D eigenvalue weighted by Gasteiger charge is -2.36. The van der Waals surface area contributed by atoms with Gasteiger partial charge < -0.3 is 10.4 Å². The molecule has 3 aromatic carbocycles. The van der Waals surface area contributed by atoms with Crippen LogP contribution in [0.5, 0.6) is 0 Å². The molecule has 0 aliphatic carbocycles. The Morgan fingerprint density at radius 2 is 1.23 bits per heavy atom. The second kappa shape index (κ2) is 7.86. The van der Waals surface area contributed by atoms with Crippen molar-refractivity contribution in [2.75, 3.05) is 0 Å². The third kappa shape index (κ3) is 3.87. The van der Waals surface area contributed by atoms with Crippen molar-refractivity contribution in [2.24, 2.45) is 0 Å². The second-order valence-electron chi connectivity index (χ2n) is 7.09. The highest BCUT2D eigenvalue weighted by Crippen LogP contribution is 2.33. The van der Waals surface area contributed by atoms with Crippen LogP contribution in [-0.2, 0) is 12.1 Å². The molecule has 0 bridgehead atoms. The first-order chi connectivity index (χ1) is 12.5. The van der Waals surface area contributed by atoms with Gasteiger partial charge in [-0.25, -0.2) is 0 Å². The van der Waals surface area contributed by atoms with Crippen molar-refractivity contribution in [3.8, 4) is 0 Å². The molecule has 2 N–H and O–H groups in total. The Bertz CT molecular complexity index is 777. The van der Waals surface area contributed by atoms with Gasteiger partial charge in [-0.2, -0.15) is 0 Å². The van der Waals surface area contributed by atoms with Crippen LogP contribution in [0.2, 0.25) is 0 Å². The molecule has 0 fully saturated rings. The second-order valence-corrected chi connectivity index (χ2v) is 7.09. The molecule has 0 radical (unpaired) electrons. The van der Waals surface area contributed by atoms with Gasteiger partial charge in [-0.05, 0) is 37.5 Å². The van der Waals surface area contributed by atoms with E-state index >= 15 is 0 Å². The topological polar surface area (TPSA) is 32.3 Å². The zero-order valence-electron chi connectivity index (χ0n) is 15.7. The number of aryl methyl sites for hydroxylation is 2. The third-order valence-electron chi connectivity index (χ3n) is 5.07. The molecule has 0 unspecified atom stereocenters. The first-order valence-electron chi connectivity index (χ1n) is 9.14. The Morgan fingerprint density at radius 3 is 1.69 bits per heavy atom. The van der Waals surface area contributed by atoms with E-state index < -0.39 is 5.60 Å². The van der Waals surface area contributed by atoms with Crippen LogP contribution in [0.15, 0.2) is 78.9 Å². The lowest BCUT2D eigenvalue weighted by molar-refractivity contribution is 0.0430. The maximum Gasteiger partial charge on any atom is 0.130 e. The molecule has 0 heterocycles. The van der Waals surface area contributed by atoms with Crippen LogP contribution in [0.3, 0.4) is 0 Å². The van der Waals surface area contributed by atoms with Gasteiger partial charge >= 0.3 is 0 Å². The number of hydrogen-bond donors (Lipinski definition) is 2. The zero-order chi connectivity index (χ0) is 18.6. The number of rotatable bonds is 6. The van der Waals surface area contributed by atoms with E-state index in [9.17, 15) is 5.11 Å². The van der Waals surface area contributed by atoms with Gasteiger partial charge in [-0.3, -0.25) is 0 Å². The fraction of sp³-hybridized carbons (Fsp3) is 0.250. The average Bonchev–Trinajstić information content (AvgIpc) is 2.67. The summed E-state index contributed by atoms with van der Waals surface area (Å²) in [5.41, 5.74) is 4.28. The minimum absolute atomic E-state index is 0.159. The Kier molecular flexibility index (Phi) is 5.55. The van der Waals surface area contributed by atoms with Crippen LogP contribution in [-0.4, -0.2) is 11.1 Å². The minimum Gasteiger partial charge on any atom is -0.379 e. The normalized spacial score (nSPS) is 12.8. The molecule has 0 aliphatic rings. The van der Waals surface area contributed by atoms with E-state index in [0.29, 0.717) is 6.54 Å². The van der Waals surface area contributed by atoms with Crippen molar-refractivity contribution < 1.29 is 5.11 Å².